The van der Waals surface area contributed by atoms with E-state index in [2.05, 4.69) is 5.32 Å². The van der Waals surface area contributed by atoms with E-state index in [0.29, 0.717) is 13.0 Å². The average Bonchev–Trinajstić information content (AvgIpc) is 2.64. The van der Waals surface area contributed by atoms with Gasteiger partial charge in [0.2, 0.25) is 5.91 Å². The zero-order chi connectivity index (χ0) is 19.1. The van der Waals surface area contributed by atoms with E-state index >= 15 is 0 Å². The van der Waals surface area contributed by atoms with Crippen LogP contribution in [0.25, 0.3) is 0 Å². The Bertz CT molecular complexity index is 632. The van der Waals surface area contributed by atoms with Gasteiger partial charge in [-0.2, -0.15) is 0 Å². The number of carbonyl (C=O) groups is 3. The molecule has 142 valence electrons. The van der Waals surface area contributed by atoms with Gasteiger partial charge in [-0.25, -0.2) is 9.59 Å². The average molecular weight is 362 g/mol. The molecule has 1 aromatic rings. The molecule has 0 radical (unpaired) electrons. The molecular weight excluding hydrogens is 336 g/mol. The van der Waals surface area contributed by atoms with Gasteiger partial charge in [-0.1, -0.05) is 44.2 Å². The maximum absolute atomic E-state index is 12.9. The lowest BCUT2D eigenvalue weighted by Crippen LogP contribution is -2.57. The maximum Gasteiger partial charge on any atom is 0.408 e. The fraction of sp³-hybridized carbons (Fsp3) is 0.526. The van der Waals surface area contributed by atoms with Gasteiger partial charge in [0.15, 0.2) is 0 Å². The largest absolute Gasteiger partial charge is 0.480 e. The molecule has 0 spiro atoms. The maximum atomic E-state index is 12.9. The molecule has 7 nitrogen and oxygen atoms in total. The van der Waals surface area contributed by atoms with Crippen LogP contribution in [0, 0.1) is 5.92 Å². The molecule has 1 aliphatic heterocycles. The predicted molar refractivity (Wildman–Crippen MR) is 95.4 cm³/mol. The Morgan fingerprint density at radius 2 is 1.92 bits per heavy atom. The van der Waals surface area contributed by atoms with Crippen molar-refractivity contribution in [2.75, 3.05) is 6.54 Å². The number of hydrogen-bond donors (Lipinski definition) is 2. The van der Waals surface area contributed by atoms with Gasteiger partial charge in [0.25, 0.3) is 0 Å². The van der Waals surface area contributed by atoms with Gasteiger partial charge in [0.05, 0.1) is 0 Å². The summed E-state index contributed by atoms with van der Waals surface area (Å²) >= 11 is 0. The number of carboxylic acids is 1. The molecule has 0 aliphatic carbocycles. The molecule has 0 bridgehead atoms. The second-order valence-corrected chi connectivity index (χ2v) is 6.81. The van der Waals surface area contributed by atoms with E-state index in [-0.39, 0.29) is 18.4 Å². The Labute approximate surface area is 153 Å². The van der Waals surface area contributed by atoms with Gasteiger partial charge < -0.3 is 20.1 Å². The van der Waals surface area contributed by atoms with Crippen molar-refractivity contribution in [2.45, 2.75) is 51.8 Å². The van der Waals surface area contributed by atoms with Gasteiger partial charge in [0, 0.05) is 6.54 Å². The van der Waals surface area contributed by atoms with Crippen LogP contribution in [0.4, 0.5) is 4.79 Å². The highest BCUT2D eigenvalue weighted by Crippen LogP contribution is 2.20. The van der Waals surface area contributed by atoms with Crippen molar-refractivity contribution >= 4 is 18.0 Å². The number of carbonyl (C=O) groups excluding carboxylic acids is 2. The van der Waals surface area contributed by atoms with Crippen molar-refractivity contribution in [2.24, 2.45) is 5.92 Å². The molecule has 2 atom stereocenters. The van der Waals surface area contributed by atoms with Gasteiger partial charge in [-0.3, -0.25) is 4.79 Å². The Hall–Kier alpha value is -2.57. The van der Waals surface area contributed by atoms with E-state index < -0.39 is 24.1 Å². The first kappa shape index (κ1) is 19.8. The molecule has 0 saturated carbocycles. The minimum Gasteiger partial charge on any atom is -0.480 e. The highest BCUT2D eigenvalue weighted by atomic mass is 16.5. The zero-order valence-electron chi connectivity index (χ0n) is 15.2. The molecule has 2 amide bonds. The summed E-state index contributed by atoms with van der Waals surface area (Å²) in [5, 5.41) is 12.0. The molecule has 2 N–H and O–H groups in total. The fourth-order valence-electron chi connectivity index (χ4n) is 3.04. The summed E-state index contributed by atoms with van der Waals surface area (Å²) in [6, 6.07) is 7.58. The van der Waals surface area contributed by atoms with Crippen molar-refractivity contribution < 1.29 is 24.2 Å². The van der Waals surface area contributed by atoms with E-state index in [1.165, 1.54) is 4.90 Å². The third-order valence-electron chi connectivity index (χ3n) is 4.49. The minimum atomic E-state index is -1.01. The Morgan fingerprint density at radius 3 is 2.54 bits per heavy atom. The molecule has 1 aromatic carbocycles. The monoisotopic (exact) mass is 362 g/mol. The van der Waals surface area contributed by atoms with E-state index in [1.54, 1.807) is 13.8 Å². The third-order valence-corrected chi connectivity index (χ3v) is 4.49. The number of nitrogens with zero attached hydrogens (tertiary/aromatic N) is 1. The van der Waals surface area contributed by atoms with E-state index in [1.807, 2.05) is 30.3 Å². The summed E-state index contributed by atoms with van der Waals surface area (Å²) in [7, 11) is 0. The predicted octanol–water partition coefficient (Wildman–Crippen LogP) is 2.40. The van der Waals surface area contributed by atoms with Crippen molar-refractivity contribution in [3.05, 3.63) is 35.9 Å². The van der Waals surface area contributed by atoms with Crippen molar-refractivity contribution in [3.63, 3.8) is 0 Å². The van der Waals surface area contributed by atoms with E-state index in [4.69, 9.17) is 4.74 Å². The summed E-state index contributed by atoms with van der Waals surface area (Å²) in [6.07, 6.45) is 1.28. The summed E-state index contributed by atoms with van der Waals surface area (Å²) in [5.74, 6) is -1.57. The SMILES string of the molecule is CC(C)C(NC(=O)OCc1ccccc1)C(=O)N1CCCC[C@H]1C(=O)O. The van der Waals surface area contributed by atoms with E-state index in [0.717, 1.165) is 18.4 Å². The van der Waals surface area contributed by atoms with Crippen LogP contribution >= 0.6 is 0 Å². The Kier molecular flexibility index (Phi) is 7.00. The number of likely N-dealkylation sites (tertiary alicyclic amines) is 1. The molecule has 1 fully saturated rings. The van der Waals surface area contributed by atoms with Gasteiger partial charge in [-0.05, 0) is 30.7 Å². The topological polar surface area (TPSA) is 95.9 Å². The van der Waals surface area contributed by atoms with Crippen LogP contribution < -0.4 is 5.32 Å². The number of alkyl carbamates (subject to hydrolysis) is 1. The molecule has 0 aromatic heterocycles. The zero-order valence-corrected chi connectivity index (χ0v) is 15.2. The summed E-state index contributed by atoms with van der Waals surface area (Å²) in [4.78, 5) is 37.8. The first-order valence-electron chi connectivity index (χ1n) is 8.90. The molecule has 1 heterocycles. The third kappa shape index (κ3) is 5.21. The number of carboxylic acid groups (broad SMARTS) is 1. The van der Waals surface area contributed by atoms with Crippen LogP contribution in [0.3, 0.4) is 0 Å². The second kappa shape index (κ2) is 9.22. The first-order chi connectivity index (χ1) is 12.4. The van der Waals surface area contributed by atoms with Crippen LogP contribution in [0.15, 0.2) is 30.3 Å². The van der Waals surface area contributed by atoms with Gasteiger partial charge >= 0.3 is 12.1 Å². The molecule has 1 saturated heterocycles. The smallest absolute Gasteiger partial charge is 0.408 e. The number of nitrogens with one attached hydrogen (secondary N) is 1. The van der Waals surface area contributed by atoms with E-state index in [9.17, 15) is 19.5 Å². The number of piperidine rings is 1. The van der Waals surface area contributed by atoms with Crippen LogP contribution in [0.2, 0.25) is 0 Å². The normalized spacial score (nSPS) is 18.3. The van der Waals surface area contributed by atoms with Crippen LogP contribution in [-0.4, -0.2) is 46.6 Å². The highest BCUT2D eigenvalue weighted by molar-refractivity contribution is 5.89. The number of benzene rings is 1. The number of hydrogen-bond acceptors (Lipinski definition) is 4. The van der Waals surface area contributed by atoms with Gasteiger partial charge in [0.1, 0.15) is 18.7 Å². The summed E-state index contributed by atoms with van der Waals surface area (Å²) in [5.41, 5.74) is 0.844. The Morgan fingerprint density at radius 1 is 1.23 bits per heavy atom. The lowest BCUT2D eigenvalue weighted by Gasteiger charge is -2.36. The number of aliphatic carboxylic acids is 1. The summed E-state index contributed by atoms with van der Waals surface area (Å²) < 4.78 is 5.18. The number of amides is 2. The summed E-state index contributed by atoms with van der Waals surface area (Å²) in [6.45, 7) is 4.10. The van der Waals surface area contributed by atoms with Crippen LogP contribution in [0.5, 0.6) is 0 Å². The Balaban J connectivity index is 1.99. The van der Waals surface area contributed by atoms with Crippen molar-refractivity contribution in [1.82, 2.24) is 10.2 Å². The molecule has 2 rings (SSSR count). The lowest BCUT2D eigenvalue weighted by molar-refractivity contribution is -0.153. The quantitative estimate of drug-likeness (QED) is 0.810. The number of rotatable bonds is 6. The van der Waals surface area contributed by atoms with Crippen LogP contribution in [-0.2, 0) is 20.9 Å². The molecule has 7 heteroatoms. The van der Waals surface area contributed by atoms with Gasteiger partial charge in [-0.15, -0.1) is 0 Å². The fourth-order valence-corrected chi connectivity index (χ4v) is 3.04. The molecule has 1 aliphatic rings. The molecule has 26 heavy (non-hydrogen) atoms. The van der Waals surface area contributed by atoms with Crippen molar-refractivity contribution in [3.8, 4) is 0 Å². The number of ether oxygens (including phenoxy) is 1. The second-order valence-electron chi connectivity index (χ2n) is 6.81. The standard InChI is InChI=1S/C19H26N2O5/c1-13(2)16(17(22)21-11-7-6-10-15(21)18(23)24)20-19(25)26-12-14-8-4-3-5-9-14/h3-5,8-9,13,15-16H,6-7,10-12H2,1-2H3,(H,20,25)(H,23,24)/t15-,16?/m0/s1. The van der Waals surface area contributed by atoms with Crippen molar-refractivity contribution in [1.29, 1.82) is 0 Å². The van der Waals surface area contributed by atoms with Crippen LogP contribution in [0.1, 0.15) is 38.7 Å². The molecule has 1 unspecified atom stereocenters. The lowest BCUT2D eigenvalue weighted by atomic mass is 9.97. The minimum absolute atomic E-state index is 0.104. The first-order valence-corrected chi connectivity index (χ1v) is 8.90. The molecular formula is C19H26N2O5. The highest BCUT2D eigenvalue weighted by Gasteiger charge is 2.37.